The van der Waals surface area contributed by atoms with Gasteiger partial charge in [-0.05, 0) is 99.2 Å². The van der Waals surface area contributed by atoms with Gasteiger partial charge in [-0.1, -0.05) is 93.3 Å². The van der Waals surface area contributed by atoms with Gasteiger partial charge in [-0.25, -0.2) is 0 Å². The molecule has 3 nitrogen and oxygen atoms in total. The summed E-state index contributed by atoms with van der Waals surface area (Å²) in [6, 6.07) is 41.8. The average molecular weight is 624 g/mol. The highest BCUT2D eigenvalue weighted by Crippen LogP contribution is 2.39. The molecule has 0 N–H and O–H groups in total. The number of aryl methyl sites for hydroxylation is 1. The summed E-state index contributed by atoms with van der Waals surface area (Å²) >= 11 is 0. The Bertz CT molecular complexity index is 2510. The maximum absolute atomic E-state index is 4.18. The second kappa shape index (κ2) is 12.8. The van der Waals surface area contributed by atoms with Crippen molar-refractivity contribution in [1.29, 1.82) is 0 Å². The SMILES string of the molecule is C=Cc1c(/C=C\C)n(-c2ccc3c(c2)c2cc(-n4c(/C=C\C)c(C)c5ccccc54)ccc2n3-c2ccccc2)c2ccccc12.CC. The van der Waals surface area contributed by atoms with E-state index in [1.54, 1.807) is 0 Å². The Balaban J connectivity index is 0.00000179. The number of para-hydroxylation sites is 3. The number of nitrogens with zero attached hydrogens (tertiary/aromatic N) is 3. The fourth-order valence-electron chi connectivity index (χ4n) is 7.29. The molecule has 8 rings (SSSR count). The van der Waals surface area contributed by atoms with Crippen LogP contribution in [0, 0.1) is 6.92 Å². The zero-order valence-electron chi connectivity index (χ0n) is 28.4. The summed E-state index contributed by atoms with van der Waals surface area (Å²) in [7, 11) is 0. The van der Waals surface area contributed by atoms with Crippen LogP contribution in [0.3, 0.4) is 0 Å². The van der Waals surface area contributed by atoms with Crippen LogP contribution in [-0.2, 0) is 0 Å². The van der Waals surface area contributed by atoms with E-state index < -0.39 is 0 Å². The van der Waals surface area contributed by atoms with E-state index in [9.17, 15) is 0 Å². The average Bonchev–Trinajstić information content (AvgIpc) is 3.74. The van der Waals surface area contributed by atoms with Gasteiger partial charge in [0.2, 0.25) is 0 Å². The van der Waals surface area contributed by atoms with Crippen molar-refractivity contribution in [2.75, 3.05) is 0 Å². The first kappa shape index (κ1) is 30.8. The molecule has 0 radical (unpaired) electrons. The van der Waals surface area contributed by atoms with Gasteiger partial charge in [-0.15, -0.1) is 0 Å². The van der Waals surface area contributed by atoms with Gasteiger partial charge in [-0.3, -0.25) is 0 Å². The topological polar surface area (TPSA) is 14.8 Å². The molecule has 8 aromatic rings. The molecule has 0 aliphatic rings. The van der Waals surface area contributed by atoms with Crippen LogP contribution in [0.25, 0.3) is 78.9 Å². The number of hydrogen-bond donors (Lipinski definition) is 0. The van der Waals surface area contributed by atoms with E-state index in [1.165, 1.54) is 54.9 Å². The molecule has 0 bridgehead atoms. The third kappa shape index (κ3) is 4.74. The fraction of sp³-hybridized carbons (Fsp3) is 0.111. The summed E-state index contributed by atoms with van der Waals surface area (Å²) in [6.07, 6.45) is 10.6. The summed E-state index contributed by atoms with van der Waals surface area (Å²) in [5.41, 5.74) is 12.9. The van der Waals surface area contributed by atoms with Gasteiger partial charge in [0.1, 0.15) is 0 Å². The fourth-order valence-corrected chi connectivity index (χ4v) is 7.29. The summed E-state index contributed by atoms with van der Waals surface area (Å²) in [4.78, 5) is 0. The van der Waals surface area contributed by atoms with Gasteiger partial charge >= 0.3 is 0 Å². The predicted molar refractivity (Wildman–Crippen MR) is 210 cm³/mol. The summed E-state index contributed by atoms with van der Waals surface area (Å²) < 4.78 is 7.16. The first-order valence-corrected chi connectivity index (χ1v) is 16.9. The lowest BCUT2D eigenvalue weighted by atomic mass is 10.1. The van der Waals surface area contributed by atoms with Crippen LogP contribution in [-0.4, -0.2) is 13.7 Å². The first-order valence-electron chi connectivity index (χ1n) is 16.9. The quantitative estimate of drug-likeness (QED) is 0.175. The van der Waals surface area contributed by atoms with Gasteiger partial charge in [0.05, 0.1) is 27.8 Å². The Morgan fingerprint density at radius 3 is 1.54 bits per heavy atom. The third-order valence-electron chi connectivity index (χ3n) is 9.24. The Morgan fingerprint density at radius 1 is 0.479 bits per heavy atom. The van der Waals surface area contributed by atoms with Crippen molar-refractivity contribution >= 4 is 61.8 Å². The summed E-state index contributed by atoms with van der Waals surface area (Å²) in [6.45, 7) is 14.6. The molecule has 0 saturated heterocycles. The van der Waals surface area contributed by atoms with Crippen molar-refractivity contribution in [2.24, 2.45) is 0 Å². The van der Waals surface area contributed by atoms with E-state index in [0.29, 0.717) is 0 Å². The smallest absolute Gasteiger partial charge is 0.0542 e. The second-order valence-electron chi connectivity index (χ2n) is 11.8. The Kier molecular flexibility index (Phi) is 8.20. The highest BCUT2D eigenvalue weighted by atomic mass is 15.0. The maximum Gasteiger partial charge on any atom is 0.0542 e. The molecule has 0 aliphatic heterocycles. The Labute approximate surface area is 283 Å². The van der Waals surface area contributed by atoms with Gasteiger partial charge in [-0.2, -0.15) is 0 Å². The van der Waals surface area contributed by atoms with Crippen LogP contribution in [0.15, 0.2) is 134 Å². The van der Waals surface area contributed by atoms with Crippen LogP contribution >= 0.6 is 0 Å². The number of allylic oxidation sites excluding steroid dienone is 2. The van der Waals surface area contributed by atoms with E-state index in [1.807, 2.05) is 19.9 Å². The van der Waals surface area contributed by atoms with Crippen molar-refractivity contribution < 1.29 is 0 Å². The minimum Gasteiger partial charge on any atom is -0.310 e. The van der Waals surface area contributed by atoms with Crippen LogP contribution < -0.4 is 0 Å². The molecule has 0 unspecified atom stereocenters. The molecule has 0 spiro atoms. The van der Waals surface area contributed by atoms with E-state index in [2.05, 4.69) is 181 Å². The molecule has 236 valence electrons. The zero-order chi connectivity index (χ0) is 33.4. The molecule has 5 aromatic carbocycles. The zero-order valence-corrected chi connectivity index (χ0v) is 28.4. The van der Waals surface area contributed by atoms with Crippen molar-refractivity contribution in [3.63, 3.8) is 0 Å². The summed E-state index contributed by atoms with van der Waals surface area (Å²) in [5, 5.41) is 4.90. The standard InChI is InChI=1S/C43H35N3.C2H6/c1-5-15-38-29(4)34-19-11-13-21-40(34)45(38)31-23-25-42-36(27-31)37-28-32(24-26-43(37)44(42)30-17-9-8-10-18-30)46-39(16-6-2)33(7-3)35-20-12-14-22-41(35)46;1-2/h5-28H,3H2,1-2,4H3;1-2H3/b15-5-,16-6-;. The molecule has 48 heavy (non-hydrogen) atoms. The lowest BCUT2D eigenvalue weighted by Gasteiger charge is -2.11. The normalized spacial score (nSPS) is 11.8. The Morgan fingerprint density at radius 2 is 0.958 bits per heavy atom. The number of fused-ring (bicyclic) bond motifs is 5. The first-order chi connectivity index (χ1) is 23.6. The van der Waals surface area contributed by atoms with Crippen LogP contribution in [0.5, 0.6) is 0 Å². The molecule has 3 heteroatoms. The van der Waals surface area contributed by atoms with E-state index in [-0.39, 0.29) is 0 Å². The van der Waals surface area contributed by atoms with Gasteiger partial charge in [0.15, 0.2) is 0 Å². The highest BCUT2D eigenvalue weighted by molar-refractivity contribution is 6.11. The van der Waals surface area contributed by atoms with Gasteiger partial charge < -0.3 is 13.7 Å². The van der Waals surface area contributed by atoms with E-state index in [0.717, 1.165) is 28.3 Å². The molecule has 0 amide bonds. The molecular formula is C45H41N3. The van der Waals surface area contributed by atoms with E-state index in [4.69, 9.17) is 0 Å². The van der Waals surface area contributed by atoms with Crippen LogP contribution in [0.2, 0.25) is 0 Å². The maximum atomic E-state index is 4.18. The van der Waals surface area contributed by atoms with Crippen molar-refractivity contribution in [2.45, 2.75) is 34.6 Å². The second-order valence-corrected chi connectivity index (χ2v) is 11.8. The predicted octanol–water partition coefficient (Wildman–Crippen LogP) is 12.7. The third-order valence-corrected chi connectivity index (χ3v) is 9.24. The van der Waals surface area contributed by atoms with Crippen LogP contribution in [0.1, 0.15) is 50.2 Å². The molecule has 3 heterocycles. The highest BCUT2D eigenvalue weighted by Gasteiger charge is 2.19. The largest absolute Gasteiger partial charge is 0.310 e. The monoisotopic (exact) mass is 623 g/mol. The van der Waals surface area contributed by atoms with Crippen LogP contribution in [0.4, 0.5) is 0 Å². The molecule has 3 aromatic heterocycles. The van der Waals surface area contributed by atoms with Crippen molar-refractivity contribution in [1.82, 2.24) is 13.7 Å². The number of rotatable bonds is 6. The molecular weight excluding hydrogens is 583 g/mol. The number of hydrogen-bond acceptors (Lipinski definition) is 0. The minimum absolute atomic E-state index is 1.12. The van der Waals surface area contributed by atoms with Crippen molar-refractivity contribution in [3.8, 4) is 17.1 Å². The number of benzene rings is 5. The summed E-state index contributed by atoms with van der Waals surface area (Å²) in [5.74, 6) is 0. The lowest BCUT2D eigenvalue weighted by molar-refractivity contribution is 1.10. The molecule has 0 atom stereocenters. The molecule has 0 aliphatic carbocycles. The van der Waals surface area contributed by atoms with Crippen molar-refractivity contribution in [3.05, 3.63) is 157 Å². The van der Waals surface area contributed by atoms with E-state index >= 15 is 0 Å². The number of aromatic nitrogens is 3. The van der Waals surface area contributed by atoms with Gasteiger partial charge in [0.25, 0.3) is 0 Å². The van der Waals surface area contributed by atoms with Gasteiger partial charge in [0, 0.05) is 49.9 Å². The molecule has 0 fully saturated rings. The Hall–Kier alpha value is -5.80. The lowest BCUT2D eigenvalue weighted by Crippen LogP contribution is -1.98. The molecule has 0 saturated carbocycles. The minimum atomic E-state index is 1.12.